The maximum Gasteiger partial charge on any atom is 0.325 e. The van der Waals surface area contributed by atoms with Crippen LogP contribution in [0.25, 0.3) is 0 Å². The summed E-state index contributed by atoms with van der Waals surface area (Å²) in [7, 11) is 2.85. The molecule has 0 atom stereocenters. The van der Waals surface area contributed by atoms with E-state index in [2.05, 4.69) is 10.1 Å². The highest BCUT2D eigenvalue weighted by molar-refractivity contribution is 5.81. The van der Waals surface area contributed by atoms with E-state index in [-0.39, 0.29) is 18.1 Å². The van der Waals surface area contributed by atoms with Crippen molar-refractivity contribution in [1.82, 2.24) is 10.2 Å². The average molecular weight is 277 g/mol. The van der Waals surface area contributed by atoms with Crippen molar-refractivity contribution < 1.29 is 14.3 Å². The van der Waals surface area contributed by atoms with Crippen LogP contribution in [-0.2, 0) is 15.1 Å². The lowest BCUT2D eigenvalue weighted by Gasteiger charge is -2.23. The largest absolute Gasteiger partial charge is 0.468 e. The van der Waals surface area contributed by atoms with Gasteiger partial charge in [0.15, 0.2) is 0 Å². The van der Waals surface area contributed by atoms with Gasteiger partial charge in [0.25, 0.3) is 0 Å². The first-order valence-electron chi connectivity index (χ1n) is 6.43. The maximum atomic E-state index is 12.1. The van der Waals surface area contributed by atoms with Gasteiger partial charge >= 0.3 is 12.0 Å². The number of esters is 1. The van der Waals surface area contributed by atoms with Gasteiger partial charge in [0.05, 0.1) is 12.6 Å². The van der Waals surface area contributed by atoms with E-state index in [9.17, 15) is 9.59 Å². The van der Waals surface area contributed by atoms with Crippen molar-refractivity contribution in [3.63, 3.8) is 0 Å². The third kappa shape index (κ3) is 3.01. The number of anilines is 1. The second kappa shape index (κ2) is 5.40. The summed E-state index contributed by atoms with van der Waals surface area (Å²) < 4.78 is 4.54. The Hall–Kier alpha value is -2.24. The minimum atomic E-state index is -0.448. The molecule has 2 amide bonds. The number of urea groups is 1. The minimum Gasteiger partial charge on any atom is -0.468 e. The van der Waals surface area contributed by atoms with Crippen molar-refractivity contribution in [2.45, 2.75) is 18.4 Å². The Kier molecular flexibility index (Phi) is 3.83. The third-order valence-corrected chi connectivity index (χ3v) is 3.48. The van der Waals surface area contributed by atoms with Crippen LogP contribution in [0.2, 0.25) is 0 Å². The Balaban J connectivity index is 2.02. The van der Waals surface area contributed by atoms with Crippen LogP contribution in [-0.4, -0.2) is 37.6 Å². The highest BCUT2D eigenvalue weighted by Gasteiger charge is 2.46. The van der Waals surface area contributed by atoms with Crippen molar-refractivity contribution in [2.24, 2.45) is 0 Å². The standard InChI is InChI=1S/C14H19N3O3/c1-17(9-12(18)20-2)13(19)16-14(6-7-14)10-4-3-5-11(15)8-10/h3-5,8H,6-7,9,15H2,1-2H3,(H,16,19). The lowest BCUT2D eigenvalue weighted by atomic mass is 10.0. The first kappa shape index (κ1) is 14.2. The van der Waals surface area contributed by atoms with Crippen LogP contribution < -0.4 is 11.1 Å². The molecule has 1 fully saturated rings. The van der Waals surface area contributed by atoms with E-state index in [4.69, 9.17) is 5.73 Å². The Morgan fingerprint density at radius 1 is 1.45 bits per heavy atom. The number of nitrogens with one attached hydrogen (secondary N) is 1. The van der Waals surface area contributed by atoms with Gasteiger partial charge in [-0.05, 0) is 30.5 Å². The van der Waals surface area contributed by atoms with Gasteiger partial charge in [0, 0.05) is 12.7 Å². The SMILES string of the molecule is COC(=O)CN(C)C(=O)NC1(c2cccc(N)c2)CC1. The van der Waals surface area contributed by atoms with Gasteiger partial charge in [0.1, 0.15) is 6.54 Å². The number of nitrogen functional groups attached to an aromatic ring is 1. The van der Waals surface area contributed by atoms with E-state index >= 15 is 0 Å². The van der Waals surface area contributed by atoms with Gasteiger partial charge in [-0.15, -0.1) is 0 Å². The van der Waals surface area contributed by atoms with E-state index in [1.807, 2.05) is 24.3 Å². The second-order valence-corrected chi connectivity index (χ2v) is 5.07. The Bertz CT molecular complexity index is 526. The number of ether oxygens (including phenoxy) is 1. The van der Waals surface area contributed by atoms with Gasteiger partial charge in [-0.2, -0.15) is 0 Å². The van der Waals surface area contributed by atoms with E-state index < -0.39 is 5.97 Å². The highest BCUT2D eigenvalue weighted by atomic mass is 16.5. The van der Waals surface area contributed by atoms with Crippen LogP contribution in [0, 0.1) is 0 Å². The smallest absolute Gasteiger partial charge is 0.325 e. The first-order chi connectivity index (χ1) is 9.47. The Morgan fingerprint density at radius 2 is 2.15 bits per heavy atom. The zero-order valence-corrected chi connectivity index (χ0v) is 11.7. The average Bonchev–Trinajstić information content (AvgIpc) is 3.19. The molecule has 0 bridgehead atoms. The molecule has 1 aromatic carbocycles. The number of nitrogens with two attached hydrogens (primary N) is 1. The maximum absolute atomic E-state index is 12.1. The van der Waals surface area contributed by atoms with Gasteiger partial charge in [-0.25, -0.2) is 4.79 Å². The fourth-order valence-electron chi connectivity index (χ4n) is 2.08. The molecular weight excluding hydrogens is 258 g/mol. The number of methoxy groups -OCH3 is 1. The molecule has 1 aromatic rings. The van der Waals surface area contributed by atoms with Crippen LogP contribution in [0.15, 0.2) is 24.3 Å². The number of hydrogen-bond donors (Lipinski definition) is 2. The van der Waals surface area contributed by atoms with E-state index in [1.165, 1.54) is 12.0 Å². The van der Waals surface area contributed by atoms with E-state index in [0.717, 1.165) is 18.4 Å². The Labute approximate surface area is 117 Å². The van der Waals surface area contributed by atoms with Crippen molar-refractivity contribution in [3.05, 3.63) is 29.8 Å². The quantitative estimate of drug-likeness (QED) is 0.637. The highest BCUT2D eigenvalue weighted by Crippen LogP contribution is 2.45. The lowest BCUT2D eigenvalue weighted by Crippen LogP contribution is -2.45. The molecular formula is C14H19N3O3. The summed E-state index contributed by atoms with van der Waals surface area (Å²) >= 11 is 0. The van der Waals surface area contributed by atoms with Crippen molar-refractivity contribution in [2.75, 3.05) is 26.4 Å². The molecule has 0 aliphatic heterocycles. The van der Waals surface area contributed by atoms with Crippen LogP contribution >= 0.6 is 0 Å². The zero-order chi connectivity index (χ0) is 14.8. The summed E-state index contributed by atoms with van der Waals surface area (Å²) in [6.07, 6.45) is 1.74. The summed E-state index contributed by atoms with van der Waals surface area (Å²) in [5.74, 6) is -0.448. The topological polar surface area (TPSA) is 84.7 Å². The van der Waals surface area contributed by atoms with Gasteiger partial charge < -0.3 is 20.7 Å². The molecule has 0 aromatic heterocycles. The molecule has 3 N–H and O–H groups in total. The second-order valence-electron chi connectivity index (χ2n) is 5.07. The molecule has 0 heterocycles. The Morgan fingerprint density at radius 3 is 2.70 bits per heavy atom. The van der Waals surface area contributed by atoms with E-state index in [0.29, 0.717) is 5.69 Å². The zero-order valence-electron chi connectivity index (χ0n) is 11.7. The van der Waals surface area contributed by atoms with Crippen LogP contribution in [0.5, 0.6) is 0 Å². The number of nitrogens with zero attached hydrogens (tertiary/aromatic N) is 1. The van der Waals surface area contributed by atoms with Crippen LogP contribution in [0.4, 0.5) is 10.5 Å². The molecule has 0 saturated heterocycles. The monoisotopic (exact) mass is 277 g/mol. The number of likely N-dealkylation sites (N-methyl/N-ethyl adjacent to an activating group) is 1. The summed E-state index contributed by atoms with van der Waals surface area (Å²) in [5, 5.41) is 2.96. The van der Waals surface area contributed by atoms with Crippen molar-refractivity contribution >= 4 is 17.7 Å². The van der Waals surface area contributed by atoms with E-state index in [1.54, 1.807) is 7.05 Å². The summed E-state index contributed by atoms with van der Waals surface area (Å²) in [4.78, 5) is 24.6. The van der Waals surface area contributed by atoms with Crippen molar-refractivity contribution in [3.8, 4) is 0 Å². The molecule has 1 saturated carbocycles. The molecule has 1 aliphatic rings. The predicted molar refractivity (Wildman–Crippen MR) is 74.9 cm³/mol. The number of amides is 2. The summed E-state index contributed by atoms with van der Waals surface area (Å²) in [5.41, 5.74) is 7.09. The lowest BCUT2D eigenvalue weighted by molar-refractivity contribution is -0.141. The molecule has 0 spiro atoms. The molecule has 0 radical (unpaired) electrons. The summed E-state index contributed by atoms with van der Waals surface area (Å²) in [6.45, 7) is -0.0741. The number of carbonyl (C=O) groups excluding carboxylic acids is 2. The molecule has 2 rings (SSSR count). The van der Waals surface area contributed by atoms with Gasteiger partial charge in [-0.3, -0.25) is 4.79 Å². The van der Waals surface area contributed by atoms with Gasteiger partial charge in [0.2, 0.25) is 0 Å². The first-order valence-corrected chi connectivity index (χ1v) is 6.43. The van der Waals surface area contributed by atoms with Crippen LogP contribution in [0.3, 0.4) is 0 Å². The fraction of sp³-hybridized carbons (Fsp3) is 0.429. The normalized spacial score (nSPS) is 15.3. The summed E-state index contributed by atoms with van der Waals surface area (Å²) in [6, 6.07) is 7.20. The fourth-order valence-corrected chi connectivity index (χ4v) is 2.08. The minimum absolute atomic E-state index is 0.0741. The predicted octanol–water partition coefficient (Wildman–Crippen LogP) is 1.07. The number of hydrogen-bond acceptors (Lipinski definition) is 4. The van der Waals surface area contributed by atoms with Gasteiger partial charge in [-0.1, -0.05) is 12.1 Å². The number of rotatable bonds is 4. The molecule has 6 heteroatoms. The third-order valence-electron chi connectivity index (χ3n) is 3.48. The molecule has 108 valence electrons. The van der Waals surface area contributed by atoms with Crippen molar-refractivity contribution in [1.29, 1.82) is 0 Å². The molecule has 0 unspecified atom stereocenters. The number of benzene rings is 1. The molecule has 20 heavy (non-hydrogen) atoms. The molecule has 1 aliphatic carbocycles. The number of carbonyl (C=O) groups is 2. The molecule has 6 nitrogen and oxygen atoms in total. The van der Waals surface area contributed by atoms with Crippen LogP contribution in [0.1, 0.15) is 18.4 Å².